The maximum atomic E-state index is 5.27. The molecule has 1 N–H and O–H groups in total. The number of hydrazone groups is 1. The van der Waals surface area contributed by atoms with Crippen molar-refractivity contribution in [2.75, 3.05) is 33.3 Å². The van der Waals surface area contributed by atoms with Crippen LogP contribution in [-0.2, 0) is 6.54 Å². The number of nitrogens with one attached hydrogen (secondary N) is 1. The third-order valence-electron chi connectivity index (χ3n) is 4.93. The second-order valence-electron chi connectivity index (χ2n) is 6.95. The molecular formula is C21H27BrN3O+. The smallest absolute Gasteiger partial charge is 0.133 e. The van der Waals surface area contributed by atoms with Gasteiger partial charge in [0.1, 0.15) is 12.3 Å². The number of quaternary nitrogens is 1. The van der Waals surface area contributed by atoms with Crippen molar-refractivity contribution in [3.05, 3.63) is 63.1 Å². The van der Waals surface area contributed by atoms with Gasteiger partial charge in [0.2, 0.25) is 0 Å². The number of rotatable bonds is 5. The summed E-state index contributed by atoms with van der Waals surface area (Å²) >= 11 is 3.52. The van der Waals surface area contributed by atoms with Gasteiger partial charge in [0, 0.05) is 5.56 Å². The van der Waals surface area contributed by atoms with Crippen LogP contribution in [0.5, 0.6) is 5.75 Å². The van der Waals surface area contributed by atoms with E-state index in [4.69, 9.17) is 4.74 Å². The monoisotopic (exact) mass is 416 g/mol. The van der Waals surface area contributed by atoms with Crippen molar-refractivity contribution in [2.45, 2.75) is 20.4 Å². The van der Waals surface area contributed by atoms with Crippen LogP contribution < -0.4 is 9.64 Å². The predicted molar refractivity (Wildman–Crippen MR) is 110 cm³/mol. The van der Waals surface area contributed by atoms with E-state index in [0.29, 0.717) is 0 Å². The average molecular weight is 417 g/mol. The van der Waals surface area contributed by atoms with Crippen molar-refractivity contribution in [3.8, 4) is 5.75 Å². The van der Waals surface area contributed by atoms with Crippen molar-refractivity contribution < 1.29 is 9.64 Å². The van der Waals surface area contributed by atoms with Crippen LogP contribution >= 0.6 is 15.9 Å². The van der Waals surface area contributed by atoms with Gasteiger partial charge in [-0.05, 0) is 59.1 Å². The van der Waals surface area contributed by atoms with Gasteiger partial charge in [-0.15, -0.1) is 0 Å². The number of aryl methyl sites for hydroxylation is 2. The van der Waals surface area contributed by atoms with Crippen LogP contribution in [0.4, 0.5) is 0 Å². The number of piperazine rings is 1. The Balaban J connectivity index is 1.52. The first kappa shape index (κ1) is 18.9. The van der Waals surface area contributed by atoms with E-state index in [1.807, 2.05) is 24.4 Å². The molecule has 0 atom stereocenters. The summed E-state index contributed by atoms with van der Waals surface area (Å²) in [7, 11) is 1.67. The van der Waals surface area contributed by atoms with Gasteiger partial charge in [0.15, 0.2) is 0 Å². The van der Waals surface area contributed by atoms with Crippen molar-refractivity contribution in [2.24, 2.45) is 5.10 Å². The molecule has 26 heavy (non-hydrogen) atoms. The maximum absolute atomic E-state index is 5.27. The van der Waals surface area contributed by atoms with Gasteiger partial charge >= 0.3 is 0 Å². The molecule has 1 saturated heterocycles. The Kier molecular flexibility index (Phi) is 6.33. The number of nitrogens with zero attached hydrogens (tertiary/aromatic N) is 2. The zero-order valence-corrected chi connectivity index (χ0v) is 17.3. The topological polar surface area (TPSA) is 29.3 Å². The van der Waals surface area contributed by atoms with E-state index in [1.165, 1.54) is 16.7 Å². The van der Waals surface area contributed by atoms with Crippen LogP contribution in [0.2, 0.25) is 0 Å². The summed E-state index contributed by atoms with van der Waals surface area (Å²) in [6.45, 7) is 9.71. The lowest BCUT2D eigenvalue weighted by atomic mass is 10.1. The highest BCUT2D eigenvalue weighted by Gasteiger charge is 2.19. The molecule has 0 aromatic heterocycles. The van der Waals surface area contributed by atoms with Crippen LogP contribution in [-0.4, -0.2) is 44.5 Å². The molecule has 1 aliphatic heterocycles. The summed E-state index contributed by atoms with van der Waals surface area (Å²) in [5.41, 5.74) is 5.28. The largest absolute Gasteiger partial charge is 0.496 e. The molecule has 0 aliphatic carbocycles. The van der Waals surface area contributed by atoms with Gasteiger partial charge in [0.05, 0.1) is 44.0 Å². The number of benzene rings is 2. The van der Waals surface area contributed by atoms with E-state index < -0.39 is 0 Å². The number of halogens is 1. The minimum absolute atomic E-state index is 0.839. The molecule has 0 bridgehead atoms. The first-order valence-corrected chi connectivity index (χ1v) is 9.86. The summed E-state index contributed by atoms with van der Waals surface area (Å²) in [6.07, 6.45) is 1.93. The van der Waals surface area contributed by atoms with Gasteiger partial charge in [0.25, 0.3) is 0 Å². The Morgan fingerprint density at radius 1 is 1.15 bits per heavy atom. The van der Waals surface area contributed by atoms with E-state index in [9.17, 15) is 0 Å². The molecule has 5 heteroatoms. The van der Waals surface area contributed by atoms with Crippen LogP contribution in [0, 0.1) is 13.8 Å². The fraction of sp³-hybridized carbons (Fsp3) is 0.381. The summed E-state index contributed by atoms with van der Waals surface area (Å²) in [5, 5.41) is 6.82. The van der Waals surface area contributed by atoms with E-state index >= 15 is 0 Å². The summed E-state index contributed by atoms with van der Waals surface area (Å²) < 4.78 is 6.22. The molecular weight excluding hydrogens is 390 g/mol. The Labute approximate surface area is 164 Å². The molecule has 4 nitrogen and oxygen atoms in total. The zero-order valence-electron chi connectivity index (χ0n) is 15.8. The first-order chi connectivity index (χ1) is 12.5. The van der Waals surface area contributed by atoms with E-state index in [0.717, 1.165) is 48.5 Å². The van der Waals surface area contributed by atoms with E-state index in [-0.39, 0.29) is 0 Å². The van der Waals surface area contributed by atoms with Crippen molar-refractivity contribution in [3.63, 3.8) is 0 Å². The Morgan fingerprint density at radius 2 is 1.92 bits per heavy atom. The third-order valence-corrected chi connectivity index (χ3v) is 5.55. The lowest BCUT2D eigenvalue weighted by molar-refractivity contribution is -0.918. The molecule has 1 aliphatic rings. The predicted octanol–water partition coefficient (Wildman–Crippen LogP) is 2.81. The van der Waals surface area contributed by atoms with Crippen LogP contribution in [0.25, 0.3) is 0 Å². The highest BCUT2D eigenvalue weighted by atomic mass is 79.9. The Bertz CT molecular complexity index is 783. The van der Waals surface area contributed by atoms with E-state index in [2.05, 4.69) is 58.1 Å². The van der Waals surface area contributed by atoms with Crippen LogP contribution in [0.1, 0.15) is 22.3 Å². The molecule has 3 rings (SSSR count). The van der Waals surface area contributed by atoms with Gasteiger partial charge in [-0.3, -0.25) is 5.01 Å². The Hall–Kier alpha value is -1.85. The first-order valence-electron chi connectivity index (χ1n) is 9.07. The highest BCUT2D eigenvalue weighted by Crippen LogP contribution is 2.24. The van der Waals surface area contributed by atoms with Crippen molar-refractivity contribution in [1.29, 1.82) is 0 Å². The Morgan fingerprint density at radius 3 is 2.58 bits per heavy atom. The maximum Gasteiger partial charge on any atom is 0.133 e. The molecule has 1 heterocycles. The molecule has 2 aromatic rings. The number of hydrogen-bond acceptors (Lipinski definition) is 3. The molecule has 0 radical (unpaired) electrons. The number of ether oxygens (including phenoxy) is 1. The second-order valence-corrected chi connectivity index (χ2v) is 7.80. The standard InChI is InChI=1S/C21H26BrN3O/c1-16-4-6-19(17(2)12-16)15-24-8-10-25(11-9-24)23-14-18-5-7-21(26-3)20(22)13-18/h4-7,12-14H,8-11,15H2,1-3H3/p+1. The normalized spacial score (nSPS) is 15.6. The molecule has 0 amide bonds. The molecule has 138 valence electrons. The van der Waals surface area contributed by atoms with Gasteiger partial charge in [-0.2, -0.15) is 5.10 Å². The van der Waals surface area contributed by atoms with Crippen LogP contribution in [0.3, 0.4) is 0 Å². The second kappa shape index (κ2) is 8.69. The number of methoxy groups -OCH3 is 1. The average Bonchev–Trinajstić information content (AvgIpc) is 2.63. The summed E-state index contributed by atoms with van der Waals surface area (Å²) in [4.78, 5) is 1.63. The SMILES string of the molecule is COc1ccc(C=NN2CC[NH+](Cc3ccc(C)cc3C)CC2)cc1Br. The van der Waals surface area contributed by atoms with Gasteiger partial charge in [-0.25, -0.2) is 0 Å². The minimum atomic E-state index is 0.839. The number of hydrogen-bond donors (Lipinski definition) is 1. The molecule has 1 fully saturated rings. The van der Waals surface area contributed by atoms with Gasteiger partial charge in [-0.1, -0.05) is 23.8 Å². The molecule has 2 aromatic carbocycles. The third kappa shape index (κ3) is 4.86. The summed E-state index contributed by atoms with van der Waals surface area (Å²) in [5.74, 6) is 0.839. The fourth-order valence-electron chi connectivity index (χ4n) is 3.33. The van der Waals surface area contributed by atoms with Gasteiger partial charge < -0.3 is 9.64 Å². The fourth-order valence-corrected chi connectivity index (χ4v) is 3.89. The summed E-state index contributed by atoms with van der Waals surface area (Å²) in [6, 6.07) is 12.8. The van der Waals surface area contributed by atoms with Crippen molar-refractivity contribution >= 4 is 22.1 Å². The highest BCUT2D eigenvalue weighted by molar-refractivity contribution is 9.10. The lowest BCUT2D eigenvalue weighted by Crippen LogP contribution is -3.13. The van der Waals surface area contributed by atoms with Crippen molar-refractivity contribution in [1.82, 2.24) is 5.01 Å². The minimum Gasteiger partial charge on any atom is -0.496 e. The lowest BCUT2D eigenvalue weighted by Gasteiger charge is -2.30. The molecule has 0 saturated carbocycles. The quantitative estimate of drug-likeness (QED) is 0.759. The van der Waals surface area contributed by atoms with Crippen LogP contribution in [0.15, 0.2) is 46.0 Å². The van der Waals surface area contributed by atoms with E-state index in [1.54, 1.807) is 12.0 Å². The molecule has 0 unspecified atom stereocenters. The zero-order chi connectivity index (χ0) is 18.5. The molecule has 0 spiro atoms.